The van der Waals surface area contributed by atoms with E-state index in [9.17, 15) is 24.6 Å². The quantitative estimate of drug-likeness (QED) is 0.248. The number of hydrogen-bond donors (Lipinski definition) is 3. The molecule has 0 saturated carbocycles. The molecule has 0 atom stereocenters. The number of aliphatic carboxylic acids is 2. The Balaban J connectivity index is 1.67. The van der Waals surface area contributed by atoms with Gasteiger partial charge < -0.3 is 15.5 Å². The van der Waals surface area contributed by atoms with Gasteiger partial charge in [0.2, 0.25) is 0 Å². The maximum atomic E-state index is 12.2. The van der Waals surface area contributed by atoms with E-state index in [0.29, 0.717) is 10.4 Å². The Kier molecular flexibility index (Phi) is 7.29. The first-order chi connectivity index (χ1) is 16.4. The van der Waals surface area contributed by atoms with Crippen molar-refractivity contribution < 1.29 is 24.6 Å². The number of rotatable bonds is 9. The SMILES string of the molecule is C#CCNC(=O)c1ccc(-c2cc(CC(=O)O)c(-c3ccc(-c4sccc4CC(=O)O)s3)s2)s1. The minimum atomic E-state index is -0.926. The van der Waals surface area contributed by atoms with Gasteiger partial charge in [-0.3, -0.25) is 14.4 Å². The van der Waals surface area contributed by atoms with E-state index in [1.165, 1.54) is 45.3 Å². The van der Waals surface area contributed by atoms with Crippen LogP contribution < -0.4 is 5.32 Å². The molecule has 0 aromatic carbocycles. The fourth-order valence-electron chi connectivity index (χ4n) is 3.30. The molecule has 10 heteroatoms. The molecule has 1 amide bonds. The molecule has 0 unspecified atom stereocenters. The second-order valence-corrected chi connectivity index (χ2v) is 11.2. The van der Waals surface area contributed by atoms with E-state index in [1.54, 1.807) is 6.07 Å². The van der Waals surface area contributed by atoms with Crippen LogP contribution in [0.15, 0.2) is 41.8 Å². The maximum absolute atomic E-state index is 12.2. The van der Waals surface area contributed by atoms with Crippen LogP contribution >= 0.6 is 45.3 Å². The predicted molar refractivity (Wildman–Crippen MR) is 138 cm³/mol. The van der Waals surface area contributed by atoms with Gasteiger partial charge in [0.05, 0.1) is 24.3 Å². The summed E-state index contributed by atoms with van der Waals surface area (Å²) in [4.78, 5) is 40.8. The van der Waals surface area contributed by atoms with E-state index < -0.39 is 11.9 Å². The molecule has 0 spiro atoms. The zero-order valence-corrected chi connectivity index (χ0v) is 20.8. The average molecular weight is 528 g/mol. The molecule has 34 heavy (non-hydrogen) atoms. The van der Waals surface area contributed by atoms with Crippen LogP contribution in [0.4, 0.5) is 0 Å². The molecule has 0 saturated heterocycles. The summed E-state index contributed by atoms with van der Waals surface area (Å²) in [6.45, 7) is 0.150. The number of amides is 1. The average Bonchev–Trinajstić information content (AvgIpc) is 3.56. The molecule has 4 heterocycles. The van der Waals surface area contributed by atoms with Gasteiger partial charge in [-0.1, -0.05) is 5.92 Å². The van der Waals surface area contributed by atoms with Crippen LogP contribution in [0.2, 0.25) is 0 Å². The number of hydrogen-bond acceptors (Lipinski definition) is 7. The van der Waals surface area contributed by atoms with Gasteiger partial charge in [0.25, 0.3) is 5.91 Å². The summed E-state index contributed by atoms with van der Waals surface area (Å²) in [6, 6.07) is 11.1. The summed E-state index contributed by atoms with van der Waals surface area (Å²) in [5, 5.41) is 23.1. The highest BCUT2D eigenvalue weighted by Crippen LogP contribution is 2.45. The molecule has 0 bridgehead atoms. The highest BCUT2D eigenvalue weighted by Gasteiger charge is 2.20. The molecule has 4 aromatic heterocycles. The normalized spacial score (nSPS) is 10.7. The van der Waals surface area contributed by atoms with Gasteiger partial charge in [0.1, 0.15) is 0 Å². The molecule has 6 nitrogen and oxygen atoms in total. The third-order valence-corrected chi connectivity index (χ3v) is 9.58. The minimum absolute atomic E-state index is 0.0465. The Morgan fingerprint density at radius 2 is 1.50 bits per heavy atom. The van der Waals surface area contributed by atoms with Crippen LogP contribution in [0.1, 0.15) is 20.8 Å². The van der Waals surface area contributed by atoms with Crippen molar-refractivity contribution in [3.05, 3.63) is 57.8 Å². The molecular weight excluding hydrogens is 511 g/mol. The first-order valence-electron chi connectivity index (χ1n) is 9.90. The largest absolute Gasteiger partial charge is 0.481 e. The third-order valence-electron chi connectivity index (χ3n) is 4.72. The van der Waals surface area contributed by atoms with E-state index >= 15 is 0 Å². The van der Waals surface area contributed by atoms with Crippen LogP contribution in [0.25, 0.3) is 29.3 Å². The summed E-state index contributed by atoms with van der Waals surface area (Å²) < 4.78 is 0. The summed E-state index contributed by atoms with van der Waals surface area (Å²) in [6.07, 6.45) is 5.03. The standard InChI is InChI=1S/C24H17NO5S4/c1-2-8-25-24(30)18-6-3-15(32-18)19-10-14(12-21(28)29)23(34-19)17-5-4-16(33-17)22-13(7-9-31-22)11-20(26)27/h1,3-7,9-10H,8,11-12H2,(H,25,30)(H,26,27)(H,28,29). The van der Waals surface area contributed by atoms with Gasteiger partial charge in [-0.05, 0) is 52.9 Å². The predicted octanol–water partition coefficient (Wildman–Crippen LogP) is 5.55. The summed E-state index contributed by atoms with van der Waals surface area (Å²) >= 11 is 5.80. The first kappa shape index (κ1) is 23.9. The molecule has 172 valence electrons. The highest BCUT2D eigenvalue weighted by atomic mass is 32.1. The lowest BCUT2D eigenvalue weighted by molar-refractivity contribution is -0.137. The molecule has 0 fully saturated rings. The van der Waals surface area contributed by atoms with Gasteiger partial charge in [0.15, 0.2) is 0 Å². The van der Waals surface area contributed by atoms with Gasteiger partial charge in [-0.2, -0.15) is 0 Å². The maximum Gasteiger partial charge on any atom is 0.307 e. The highest BCUT2D eigenvalue weighted by molar-refractivity contribution is 7.28. The monoisotopic (exact) mass is 527 g/mol. The summed E-state index contributed by atoms with van der Waals surface area (Å²) in [7, 11) is 0. The molecule has 4 rings (SSSR count). The number of terminal acetylenes is 1. The third kappa shape index (κ3) is 5.29. The first-order valence-corrected chi connectivity index (χ1v) is 13.2. The van der Waals surface area contributed by atoms with Crippen LogP contribution in [0.5, 0.6) is 0 Å². The van der Waals surface area contributed by atoms with Gasteiger partial charge in [-0.15, -0.1) is 51.8 Å². The van der Waals surface area contributed by atoms with Crippen molar-refractivity contribution in [2.75, 3.05) is 6.54 Å². The number of carboxylic acid groups (broad SMARTS) is 2. The van der Waals surface area contributed by atoms with Crippen LogP contribution in [0, 0.1) is 12.3 Å². The zero-order valence-electron chi connectivity index (χ0n) is 17.5. The van der Waals surface area contributed by atoms with Crippen molar-refractivity contribution in [3.63, 3.8) is 0 Å². The number of nitrogens with one attached hydrogen (secondary N) is 1. The van der Waals surface area contributed by atoms with Gasteiger partial charge >= 0.3 is 11.9 Å². The van der Waals surface area contributed by atoms with Crippen molar-refractivity contribution in [1.82, 2.24) is 5.32 Å². The smallest absolute Gasteiger partial charge is 0.307 e. The van der Waals surface area contributed by atoms with E-state index in [4.69, 9.17) is 6.42 Å². The molecule has 0 aliphatic heterocycles. The van der Waals surface area contributed by atoms with E-state index in [-0.39, 0.29) is 25.3 Å². The Morgan fingerprint density at radius 1 is 0.824 bits per heavy atom. The molecule has 0 aliphatic rings. The summed E-state index contributed by atoms with van der Waals surface area (Å²) in [5.41, 5.74) is 1.46. The second-order valence-electron chi connectivity index (χ2n) is 7.10. The van der Waals surface area contributed by atoms with Crippen molar-refractivity contribution in [2.45, 2.75) is 12.8 Å². The van der Waals surface area contributed by atoms with Crippen molar-refractivity contribution in [2.24, 2.45) is 0 Å². The number of carbonyl (C=O) groups is 3. The molecule has 0 aliphatic carbocycles. The number of carboxylic acids is 2. The lowest BCUT2D eigenvalue weighted by Gasteiger charge is -1.99. The molecular formula is C24H17NO5S4. The lowest BCUT2D eigenvalue weighted by atomic mass is 10.1. The minimum Gasteiger partial charge on any atom is -0.481 e. The summed E-state index contributed by atoms with van der Waals surface area (Å²) in [5.74, 6) is 0.319. The van der Waals surface area contributed by atoms with E-state index in [1.807, 2.05) is 35.7 Å². The van der Waals surface area contributed by atoms with Crippen molar-refractivity contribution >= 4 is 63.2 Å². The Bertz CT molecular complexity index is 1410. The lowest BCUT2D eigenvalue weighted by Crippen LogP contribution is -2.22. The topological polar surface area (TPSA) is 104 Å². The van der Waals surface area contributed by atoms with Gasteiger partial charge in [0, 0.05) is 29.3 Å². The number of thiophene rings is 4. The van der Waals surface area contributed by atoms with Crippen LogP contribution in [-0.4, -0.2) is 34.6 Å². The molecule has 3 N–H and O–H groups in total. The van der Waals surface area contributed by atoms with Crippen LogP contribution in [-0.2, 0) is 22.4 Å². The molecule has 4 aromatic rings. The number of carbonyl (C=O) groups excluding carboxylic acids is 1. The van der Waals surface area contributed by atoms with E-state index in [2.05, 4.69) is 11.2 Å². The fourth-order valence-corrected chi connectivity index (χ4v) is 7.72. The van der Waals surface area contributed by atoms with Crippen molar-refractivity contribution in [3.8, 4) is 41.6 Å². The Labute approximate surface area is 211 Å². The Hall–Kier alpha value is -3.23. The van der Waals surface area contributed by atoms with Crippen LogP contribution in [0.3, 0.4) is 0 Å². The van der Waals surface area contributed by atoms with Crippen molar-refractivity contribution in [1.29, 1.82) is 0 Å². The zero-order chi connectivity index (χ0) is 24.2. The Morgan fingerprint density at radius 3 is 2.21 bits per heavy atom. The van der Waals surface area contributed by atoms with Gasteiger partial charge in [-0.25, -0.2) is 0 Å². The second kappa shape index (κ2) is 10.4. The molecule has 0 radical (unpaired) electrons. The van der Waals surface area contributed by atoms with E-state index in [0.717, 1.165) is 34.8 Å². The fraction of sp³-hybridized carbons (Fsp3) is 0.125.